The van der Waals surface area contributed by atoms with Gasteiger partial charge in [0.1, 0.15) is 0 Å². The number of alkyl halides is 3. The molecular weight excluding hydrogens is 495 g/mol. The van der Waals surface area contributed by atoms with Gasteiger partial charge in [0, 0.05) is 37.3 Å². The molecule has 0 radical (unpaired) electrons. The number of aliphatic hydroxyl groups excluding tert-OH is 1. The van der Waals surface area contributed by atoms with Gasteiger partial charge in [0.05, 0.1) is 24.9 Å². The van der Waals surface area contributed by atoms with Crippen molar-refractivity contribution in [2.45, 2.75) is 19.2 Å². The van der Waals surface area contributed by atoms with Crippen molar-refractivity contribution in [1.82, 2.24) is 24.8 Å². The number of rotatable bonds is 9. The molecule has 13 heteroatoms. The van der Waals surface area contributed by atoms with Crippen LogP contribution in [0.2, 0.25) is 0 Å². The van der Waals surface area contributed by atoms with E-state index in [0.29, 0.717) is 30.5 Å². The van der Waals surface area contributed by atoms with E-state index in [0.717, 1.165) is 30.1 Å². The Morgan fingerprint density at radius 1 is 1.17 bits per heavy atom. The standard InChI is InChI=1S/C23H26F3N7O2S/c1-15-12-28-22(36-15)32-21-30-19(6-5-16-3-2-4-17(11-16)23(24,25)26)29-20(31-21)27-13-18(34)14-33-7-9-35-10-8-33/h2-6,11-12,18,34H,7-10,13-14H2,1H3,(H2,27,28,29,30,31,32). The predicted octanol–water partition coefficient (Wildman–Crippen LogP) is 3.67. The molecule has 0 saturated carbocycles. The molecule has 0 amide bonds. The number of aryl methyl sites for hydroxylation is 1. The zero-order valence-corrected chi connectivity index (χ0v) is 20.3. The number of thiazole rings is 1. The fourth-order valence-corrected chi connectivity index (χ4v) is 4.11. The van der Waals surface area contributed by atoms with Crippen LogP contribution >= 0.6 is 11.3 Å². The number of nitrogens with zero attached hydrogens (tertiary/aromatic N) is 5. The number of benzene rings is 1. The van der Waals surface area contributed by atoms with Gasteiger partial charge in [0.2, 0.25) is 11.9 Å². The van der Waals surface area contributed by atoms with Crippen molar-refractivity contribution in [3.63, 3.8) is 0 Å². The lowest BCUT2D eigenvalue weighted by Crippen LogP contribution is -2.42. The maximum atomic E-state index is 13.0. The SMILES string of the molecule is Cc1cnc(Nc2nc(C=Cc3cccc(C(F)(F)F)c3)nc(NCC(O)CN3CCOCC3)n2)s1. The Hall–Kier alpha value is -3.13. The summed E-state index contributed by atoms with van der Waals surface area (Å²) in [5, 5.41) is 17.1. The summed E-state index contributed by atoms with van der Waals surface area (Å²) in [5.74, 6) is 0.655. The van der Waals surface area contributed by atoms with Crippen LogP contribution in [-0.2, 0) is 10.9 Å². The number of hydrogen-bond acceptors (Lipinski definition) is 10. The number of halogens is 3. The number of hydrogen-bond donors (Lipinski definition) is 3. The van der Waals surface area contributed by atoms with Crippen LogP contribution in [0.5, 0.6) is 0 Å². The molecule has 1 unspecified atom stereocenters. The zero-order chi connectivity index (χ0) is 25.5. The molecule has 3 heterocycles. The molecule has 9 nitrogen and oxygen atoms in total. The van der Waals surface area contributed by atoms with E-state index in [1.165, 1.54) is 29.6 Å². The number of aliphatic hydroxyl groups is 1. The van der Waals surface area contributed by atoms with E-state index < -0.39 is 17.8 Å². The second kappa shape index (κ2) is 11.7. The predicted molar refractivity (Wildman–Crippen MR) is 132 cm³/mol. The van der Waals surface area contributed by atoms with Crippen molar-refractivity contribution in [2.75, 3.05) is 50.0 Å². The molecule has 0 bridgehead atoms. The summed E-state index contributed by atoms with van der Waals surface area (Å²) in [6, 6.07) is 4.97. The summed E-state index contributed by atoms with van der Waals surface area (Å²) in [5.41, 5.74) is -0.385. The number of morpholine rings is 1. The molecule has 3 N–H and O–H groups in total. The number of nitrogens with one attached hydrogen (secondary N) is 2. The van der Waals surface area contributed by atoms with E-state index >= 15 is 0 Å². The highest BCUT2D eigenvalue weighted by atomic mass is 32.1. The highest BCUT2D eigenvalue weighted by Crippen LogP contribution is 2.30. The van der Waals surface area contributed by atoms with Gasteiger partial charge < -0.3 is 15.2 Å². The lowest BCUT2D eigenvalue weighted by atomic mass is 10.1. The first-order chi connectivity index (χ1) is 17.2. The lowest BCUT2D eigenvalue weighted by molar-refractivity contribution is -0.137. The van der Waals surface area contributed by atoms with E-state index in [2.05, 4.69) is 35.5 Å². The number of anilines is 3. The smallest absolute Gasteiger partial charge is 0.390 e. The van der Waals surface area contributed by atoms with Gasteiger partial charge in [-0.05, 0) is 30.7 Å². The van der Waals surface area contributed by atoms with Crippen molar-refractivity contribution >= 4 is 40.5 Å². The average molecular weight is 522 g/mol. The molecule has 0 aliphatic carbocycles. The molecule has 4 rings (SSSR count). The molecule has 192 valence electrons. The van der Waals surface area contributed by atoms with Gasteiger partial charge in [-0.15, -0.1) is 11.3 Å². The topological polar surface area (TPSA) is 108 Å². The number of ether oxygens (including phenoxy) is 1. The molecule has 1 aliphatic rings. The Balaban J connectivity index is 1.50. The number of β-amino-alcohol motifs (C(OH)–C–C–N with tert-alkyl or cyclic N) is 1. The first-order valence-electron chi connectivity index (χ1n) is 11.3. The van der Waals surface area contributed by atoms with Gasteiger partial charge in [-0.3, -0.25) is 10.2 Å². The summed E-state index contributed by atoms with van der Waals surface area (Å²) in [7, 11) is 0. The van der Waals surface area contributed by atoms with Crippen LogP contribution in [0, 0.1) is 6.92 Å². The molecule has 0 spiro atoms. The third-order valence-corrected chi connectivity index (χ3v) is 6.03. The molecule has 3 aromatic rings. The van der Waals surface area contributed by atoms with Crippen molar-refractivity contribution < 1.29 is 23.0 Å². The van der Waals surface area contributed by atoms with Crippen LogP contribution in [0.4, 0.5) is 30.2 Å². The molecule has 36 heavy (non-hydrogen) atoms. The van der Waals surface area contributed by atoms with Crippen LogP contribution in [0.15, 0.2) is 30.5 Å². The van der Waals surface area contributed by atoms with Crippen LogP contribution in [-0.4, -0.2) is 75.4 Å². The first-order valence-corrected chi connectivity index (χ1v) is 12.1. The van der Waals surface area contributed by atoms with Crippen molar-refractivity contribution in [2.24, 2.45) is 0 Å². The van der Waals surface area contributed by atoms with Crippen LogP contribution in [0.1, 0.15) is 21.8 Å². The Kier molecular flexibility index (Phi) is 8.46. The molecule has 1 aromatic carbocycles. The monoisotopic (exact) mass is 521 g/mol. The minimum absolute atomic E-state index is 0.202. The van der Waals surface area contributed by atoms with Crippen molar-refractivity contribution in [1.29, 1.82) is 0 Å². The van der Waals surface area contributed by atoms with E-state index in [-0.39, 0.29) is 24.3 Å². The quantitative estimate of drug-likeness (QED) is 0.389. The third-order valence-electron chi connectivity index (χ3n) is 5.20. The van der Waals surface area contributed by atoms with Crippen molar-refractivity contribution in [3.05, 3.63) is 52.3 Å². The molecule has 1 saturated heterocycles. The number of aromatic nitrogens is 4. The van der Waals surface area contributed by atoms with Gasteiger partial charge in [-0.1, -0.05) is 18.2 Å². The summed E-state index contributed by atoms with van der Waals surface area (Å²) < 4.78 is 44.4. The summed E-state index contributed by atoms with van der Waals surface area (Å²) in [4.78, 5) is 20.4. The fraction of sp³-hybridized carbons (Fsp3) is 0.391. The minimum atomic E-state index is -4.43. The van der Waals surface area contributed by atoms with Gasteiger partial charge in [0.15, 0.2) is 11.0 Å². The van der Waals surface area contributed by atoms with Crippen molar-refractivity contribution in [3.8, 4) is 0 Å². The maximum absolute atomic E-state index is 13.0. The van der Waals surface area contributed by atoms with Gasteiger partial charge in [0.25, 0.3) is 0 Å². The third kappa shape index (κ3) is 7.68. The summed E-state index contributed by atoms with van der Waals surface area (Å²) in [6.45, 7) is 5.40. The Bertz CT molecular complexity index is 1180. The average Bonchev–Trinajstić information content (AvgIpc) is 3.26. The van der Waals surface area contributed by atoms with E-state index in [1.54, 1.807) is 12.3 Å². The fourth-order valence-electron chi connectivity index (χ4n) is 3.45. The molecule has 1 atom stereocenters. The zero-order valence-electron chi connectivity index (χ0n) is 19.5. The first kappa shape index (κ1) is 25.9. The van der Waals surface area contributed by atoms with Gasteiger partial charge >= 0.3 is 6.18 Å². The summed E-state index contributed by atoms with van der Waals surface area (Å²) >= 11 is 1.42. The van der Waals surface area contributed by atoms with E-state index in [4.69, 9.17) is 4.74 Å². The Labute approximate surface area is 210 Å². The Morgan fingerprint density at radius 3 is 2.67 bits per heavy atom. The van der Waals surface area contributed by atoms with Gasteiger partial charge in [-0.25, -0.2) is 4.98 Å². The van der Waals surface area contributed by atoms with Crippen LogP contribution in [0.25, 0.3) is 12.2 Å². The molecule has 2 aromatic heterocycles. The highest BCUT2D eigenvalue weighted by Gasteiger charge is 2.30. The maximum Gasteiger partial charge on any atom is 0.416 e. The molecular formula is C23H26F3N7O2S. The second-order valence-electron chi connectivity index (χ2n) is 8.15. The molecule has 1 fully saturated rings. The van der Waals surface area contributed by atoms with Gasteiger partial charge in [-0.2, -0.15) is 28.1 Å². The summed E-state index contributed by atoms with van der Waals surface area (Å²) in [6.07, 6.45) is -0.380. The second-order valence-corrected chi connectivity index (χ2v) is 9.38. The lowest BCUT2D eigenvalue weighted by Gasteiger charge is -2.28. The minimum Gasteiger partial charge on any atom is -0.390 e. The van der Waals surface area contributed by atoms with E-state index in [9.17, 15) is 18.3 Å². The van der Waals surface area contributed by atoms with Crippen LogP contribution < -0.4 is 10.6 Å². The molecule has 1 aliphatic heterocycles. The normalized spacial score (nSPS) is 15.8. The highest BCUT2D eigenvalue weighted by molar-refractivity contribution is 7.15. The van der Waals surface area contributed by atoms with E-state index in [1.807, 2.05) is 6.92 Å². The Morgan fingerprint density at radius 2 is 1.94 bits per heavy atom. The van der Waals surface area contributed by atoms with Crippen LogP contribution in [0.3, 0.4) is 0 Å². The largest absolute Gasteiger partial charge is 0.416 e.